The predicted octanol–water partition coefficient (Wildman–Crippen LogP) is 12.5. The van der Waals surface area contributed by atoms with Gasteiger partial charge >= 0.3 is 0 Å². The molecule has 0 aliphatic carbocycles. The summed E-state index contributed by atoms with van der Waals surface area (Å²) in [5.74, 6) is 0. The smallest absolute Gasteiger partial charge is 0.147 e. The van der Waals surface area contributed by atoms with E-state index in [2.05, 4.69) is 169 Å². The van der Waals surface area contributed by atoms with Gasteiger partial charge in [0.1, 0.15) is 11.3 Å². The maximum absolute atomic E-state index is 5.53. The van der Waals surface area contributed by atoms with Crippen LogP contribution in [0.15, 0.2) is 85.5 Å². The lowest BCUT2D eigenvalue weighted by molar-refractivity contribution is 0.290. The Morgan fingerprint density at radius 2 is 0.945 bits per heavy atom. The van der Waals surface area contributed by atoms with Crippen LogP contribution in [-0.2, 0) is 10.8 Å². The molecular formula is C46H58N6Si3. The van der Waals surface area contributed by atoms with Crippen molar-refractivity contribution in [1.29, 1.82) is 0 Å². The zero-order valence-electron chi connectivity index (χ0n) is 35.4. The fraction of sp³-hybridized carbons (Fsp3) is 0.391. The fourth-order valence-corrected chi connectivity index (χ4v) is 23.6. The van der Waals surface area contributed by atoms with E-state index in [1.54, 1.807) is 0 Å². The zero-order chi connectivity index (χ0) is 39.6. The fourth-order valence-electron chi connectivity index (χ4n) is 9.65. The summed E-state index contributed by atoms with van der Waals surface area (Å²) < 4.78 is 4.69. The second-order valence-electron chi connectivity index (χ2n) is 20.4. The topological polar surface area (TPSA) is 60.4 Å². The highest BCUT2D eigenvalue weighted by molar-refractivity contribution is 6.96. The van der Waals surface area contributed by atoms with E-state index in [1.165, 1.54) is 32.9 Å². The van der Waals surface area contributed by atoms with Crippen molar-refractivity contribution in [2.45, 2.75) is 115 Å². The monoisotopic (exact) mass is 778 g/mol. The molecule has 6 nitrogen and oxygen atoms in total. The molecule has 0 aliphatic heterocycles. The van der Waals surface area contributed by atoms with Crippen LogP contribution in [0.1, 0.15) is 67.8 Å². The molecule has 9 heteroatoms. The van der Waals surface area contributed by atoms with Crippen LogP contribution in [0.25, 0.3) is 54.9 Å². The van der Waals surface area contributed by atoms with Crippen LogP contribution in [0, 0.1) is 0 Å². The van der Waals surface area contributed by atoms with Crippen molar-refractivity contribution >= 4 is 79.1 Å². The molecule has 0 radical (unpaired) electrons. The Balaban J connectivity index is 1.35. The first-order valence-electron chi connectivity index (χ1n) is 20.0. The van der Waals surface area contributed by atoms with E-state index in [9.17, 15) is 0 Å². The zero-order valence-corrected chi connectivity index (χ0v) is 38.4. The van der Waals surface area contributed by atoms with Crippen molar-refractivity contribution in [2.75, 3.05) is 0 Å². The minimum absolute atomic E-state index is 0.392. The molecule has 0 N–H and O–H groups in total. The van der Waals surface area contributed by atoms with Gasteiger partial charge in [-0.05, 0) is 58.2 Å². The average Bonchev–Trinajstić information content (AvgIpc) is 3.77. The first-order valence-corrected chi connectivity index (χ1v) is 30.7. The highest BCUT2D eigenvalue weighted by Crippen LogP contribution is 2.46. The third-order valence-corrected chi connectivity index (χ3v) is 25.5. The van der Waals surface area contributed by atoms with Gasteiger partial charge in [-0.1, -0.05) is 118 Å². The molecule has 6 heterocycles. The Labute approximate surface area is 329 Å². The molecular weight excluding hydrogens is 721 g/mol. The van der Waals surface area contributed by atoms with Crippen LogP contribution in [-0.4, -0.2) is 53.0 Å². The molecule has 0 fully saturated rings. The van der Waals surface area contributed by atoms with Crippen molar-refractivity contribution in [1.82, 2.24) is 28.7 Å². The third-order valence-electron chi connectivity index (χ3n) is 13.3. The van der Waals surface area contributed by atoms with Crippen LogP contribution in [0.5, 0.6) is 0 Å². The molecule has 55 heavy (non-hydrogen) atoms. The molecule has 0 spiro atoms. The summed E-state index contributed by atoms with van der Waals surface area (Å²) in [6.45, 7) is 34.4. The Morgan fingerprint density at radius 3 is 1.36 bits per heavy atom. The number of hydrogen-bond donors (Lipinski definition) is 0. The number of rotatable bonds is 8. The molecule has 284 valence electrons. The molecule has 6 aromatic heterocycles. The van der Waals surface area contributed by atoms with Crippen molar-refractivity contribution in [3.8, 4) is 0 Å². The number of imidazole rings is 2. The van der Waals surface area contributed by atoms with Gasteiger partial charge in [0.2, 0.25) is 0 Å². The van der Waals surface area contributed by atoms with Gasteiger partial charge in [-0.25, -0.2) is 9.97 Å². The van der Waals surface area contributed by atoms with Crippen LogP contribution < -0.4 is 0 Å². The standard InChI is InChI=1S/C46H58N6Si3/c1-29(53(6,7)8)30-19-15-23-34-38(30)40-32(21-17-25-47-40)42-49-36(27-51(34)42)45(2,3)46(4,5)37-28-52-35-24-16-20-31(44(54(9,10)11)55(12,13)14)39(35)41-33(43(52)50-37)22-18-26-48-41/h15-29,44H,1-14H3. The normalized spacial score (nSPS) is 14.5. The minimum atomic E-state index is -1.59. The number of benzene rings is 2. The Kier molecular flexibility index (Phi) is 8.51. The van der Waals surface area contributed by atoms with Gasteiger partial charge in [-0.15, -0.1) is 0 Å². The Bertz CT molecular complexity index is 2790. The molecule has 0 bridgehead atoms. The third kappa shape index (κ3) is 5.74. The number of nitrogens with zero attached hydrogens (tertiary/aromatic N) is 6. The first kappa shape index (κ1) is 37.7. The van der Waals surface area contributed by atoms with Crippen molar-refractivity contribution in [3.05, 3.63) is 108 Å². The molecule has 0 aliphatic rings. The van der Waals surface area contributed by atoms with Crippen molar-refractivity contribution in [2.24, 2.45) is 0 Å². The molecule has 2 aromatic carbocycles. The van der Waals surface area contributed by atoms with E-state index in [0.717, 1.165) is 44.5 Å². The summed E-state index contributed by atoms with van der Waals surface area (Å²) in [6, 6.07) is 22.2. The average molecular weight is 779 g/mol. The second kappa shape index (κ2) is 12.4. The van der Waals surface area contributed by atoms with Gasteiger partial charge < -0.3 is 0 Å². The molecule has 0 saturated heterocycles. The van der Waals surface area contributed by atoms with Crippen molar-refractivity contribution in [3.63, 3.8) is 0 Å². The second-order valence-corrected chi connectivity index (χ2v) is 37.2. The first-order chi connectivity index (χ1) is 25.6. The van der Waals surface area contributed by atoms with Gasteiger partial charge in [-0.2, -0.15) is 0 Å². The van der Waals surface area contributed by atoms with Gasteiger partial charge in [0.25, 0.3) is 0 Å². The lowest BCUT2D eigenvalue weighted by Crippen LogP contribution is -2.46. The molecule has 8 rings (SSSR count). The van der Waals surface area contributed by atoms with Crippen LogP contribution in [0.2, 0.25) is 58.9 Å². The molecule has 0 amide bonds. The van der Waals surface area contributed by atoms with E-state index < -0.39 is 35.1 Å². The van der Waals surface area contributed by atoms with E-state index in [-0.39, 0.29) is 0 Å². The van der Waals surface area contributed by atoms with E-state index >= 15 is 0 Å². The largest absolute Gasteiger partial charge is 0.299 e. The Hall–Kier alpha value is -4.19. The summed E-state index contributed by atoms with van der Waals surface area (Å²) in [5.41, 5.74) is 11.0. The summed E-state index contributed by atoms with van der Waals surface area (Å²) in [7, 11) is -4.68. The molecule has 0 saturated carbocycles. The number of pyridine rings is 4. The van der Waals surface area contributed by atoms with Gasteiger partial charge in [0, 0.05) is 73.3 Å². The van der Waals surface area contributed by atoms with Crippen LogP contribution in [0.3, 0.4) is 0 Å². The SMILES string of the molecule is CC(c1cccc2c1c1ncccc1c1nc(C(C)(C)C(C)(C)c3cn4c5cccc(C([Si](C)(C)C)[Si](C)(C)C)c5c5ncccc5c4n3)cn21)[Si](C)(C)C. The predicted molar refractivity (Wildman–Crippen MR) is 243 cm³/mol. The van der Waals surface area contributed by atoms with E-state index in [0.29, 0.717) is 10.7 Å². The summed E-state index contributed by atoms with van der Waals surface area (Å²) in [6.07, 6.45) is 8.47. The maximum Gasteiger partial charge on any atom is 0.147 e. The van der Waals surface area contributed by atoms with E-state index in [1.807, 2.05) is 18.5 Å². The maximum atomic E-state index is 5.53. The summed E-state index contributed by atoms with van der Waals surface area (Å²) in [5, 5.41) is 5.32. The van der Waals surface area contributed by atoms with Crippen LogP contribution >= 0.6 is 0 Å². The lowest BCUT2D eigenvalue weighted by Gasteiger charge is -2.39. The lowest BCUT2D eigenvalue weighted by atomic mass is 9.64. The van der Waals surface area contributed by atoms with Gasteiger partial charge in [-0.3, -0.25) is 18.8 Å². The van der Waals surface area contributed by atoms with E-state index in [4.69, 9.17) is 19.9 Å². The number of hydrogen-bond acceptors (Lipinski definition) is 4. The quantitative estimate of drug-likeness (QED) is 0.114. The molecule has 8 aromatic rings. The summed E-state index contributed by atoms with van der Waals surface area (Å²) >= 11 is 0. The van der Waals surface area contributed by atoms with Crippen molar-refractivity contribution < 1.29 is 0 Å². The van der Waals surface area contributed by atoms with Crippen LogP contribution in [0.4, 0.5) is 0 Å². The highest BCUT2D eigenvalue weighted by atomic mass is 28.4. The Morgan fingerprint density at radius 1 is 0.527 bits per heavy atom. The minimum Gasteiger partial charge on any atom is -0.299 e. The number of aromatic nitrogens is 6. The highest BCUT2D eigenvalue weighted by Gasteiger charge is 2.44. The van der Waals surface area contributed by atoms with Gasteiger partial charge in [0.05, 0.1) is 41.5 Å². The summed E-state index contributed by atoms with van der Waals surface area (Å²) in [4.78, 5) is 21.2. The molecule has 1 unspecified atom stereocenters. The molecule has 1 atom stereocenters. The van der Waals surface area contributed by atoms with Gasteiger partial charge in [0.15, 0.2) is 0 Å². The number of fused-ring (bicyclic) bond motifs is 12.